The lowest BCUT2D eigenvalue weighted by atomic mass is 10.1. The summed E-state index contributed by atoms with van der Waals surface area (Å²) in [6.45, 7) is 0.184. The van der Waals surface area contributed by atoms with Crippen molar-refractivity contribution in [2.75, 3.05) is 14.2 Å². The molecule has 0 saturated heterocycles. The summed E-state index contributed by atoms with van der Waals surface area (Å²) < 4.78 is 24.0. The van der Waals surface area contributed by atoms with Crippen LogP contribution in [0.3, 0.4) is 0 Å². The van der Waals surface area contributed by atoms with Gasteiger partial charge in [0, 0.05) is 12.1 Å². The summed E-state index contributed by atoms with van der Waals surface area (Å²) in [4.78, 5) is 22.8. The molecular weight excluding hydrogens is 301 g/mol. The topological polar surface area (TPSA) is 64.6 Å². The van der Waals surface area contributed by atoms with E-state index in [4.69, 9.17) is 9.47 Å². The number of hydrogen-bond donors (Lipinski definition) is 1. The summed E-state index contributed by atoms with van der Waals surface area (Å²) in [5.74, 6) is -0.165. The van der Waals surface area contributed by atoms with E-state index < -0.39 is 11.7 Å². The zero-order valence-electron chi connectivity index (χ0n) is 12.8. The molecule has 0 heterocycles. The average molecular weight is 317 g/mol. The second-order valence-electron chi connectivity index (χ2n) is 4.73. The zero-order chi connectivity index (χ0) is 16.8. The van der Waals surface area contributed by atoms with Crippen molar-refractivity contribution in [1.82, 2.24) is 5.32 Å². The molecule has 6 heteroatoms. The van der Waals surface area contributed by atoms with Crippen LogP contribution in [0.5, 0.6) is 11.5 Å². The molecule has 0 aliphatic heterocycles. The Morgan fingerprint density at radius 2 is 1.87 bits per heavy atom. The molecule has 0 bridgehead atoms. The number of carbonyl (C=O) groups excluding carboxylic acids is 2. The molecule has 1 N–H and O–H groups in total. The largest absolute Gasteiger partial charge is 0.493 e. The number of rotatable bonds is 6. The van der Waals surface area contributed by atoms with E-state index in [0.29, 0.717) is 17.8 Å². The van der Waals surface area contributed by atoms with Crippen molar-refractivity contribution in [2.45, 2.75) is 6.54 Å². The third-order valence-corrected chi connectivity index (χ3v) is 3.27. The normalized spacial score (nSPS) is 10.0. The van der Waals surface area contributed by atoms with Crippen LogP contribution in [0.4, 0.5) is 4.39 Å². The van der Waals surface area contributed by atoms with Gasteiger partial charge in [0.25, 0.3) is 5.91 Å². The van der Waals surface area contributed by atoms with Crippen LogP contribution < -0.4 is 14.8 Å². The van der Waals surface area contributed by atoms with Crippen LogP contribution in [-0.4, -0.2) is 26.4 Å². The Hall–Kier alpha value is -2.89. The third-order valence-electron chi connectivity index (χ3n) is 3.27. The van der Waals surface area contributed by atoms with E-state index in [9.17, 15) is 14.0 Å². The maximum atomic E-state index is 13.7. The Kier molecular flexibility index (Phi) is 5.30. The zero-order valence-corrected chi connectivity index (χ0v) is 12.8. The molecule has 2 rings (SSSR count). The van der Waals surface area contributed by atoms with Gasteiger partial charge in [0.05, 0.1) is 19.8 Å². The van der Waals surface area contributed by atoms with Gasteiger partial charge in [0.1, 0.15) is 12.1 Å². The van der Waals surface area contributed by atoms with Crippen molar-refractivity contribution < 1.29 is 23.5 Å². The molecule has 0 aliphatic carbocycles. The van der Waals surface area contributed by atoms with Gasteiger partial charge in [-0.25, -0.2) is 4.39 Å². The molecule has 0 spiro atoms. The summed E-state index contributed by atoms with van der Waals surface area (Å²) in [7, 11) is 3.04. The highest BCUT2D eigenvalue weighted by Crippen LogP contribution is 2.27. The van der Waals surface area contributed by atoms with Crippen LogP contribution in [0.1, 0.15) is 26.3 Å². The van der Waals surface area contributed by atoms with Crippen LogP contribution >= 0.6 is 0 Å². The summed E-state index contributed by atoms with van der Waals surface area (Å²) in [5.41, 5.74) is 0.834. The number of hydrogen-bond acceptors (Lipinski definition) is 4. The fourth-order valence-corrected chi connectivity index (χ4v) is 2.06. The van der Waals surface area contributed by atoms with Gasteiger partial charge < -0.3 is 14.8 Å². The number of amides is 1. The molecule has 0 unspecified atom stereocenters. The second-order valence-corrected chi connectivity index (χ2v) is 4.73. The number of carbonyl (C=O) groups is 2. The first kappa shape index (κ1) is 16.5. The van der Waals surface area contributed by atoms with Crippen molar-refractivity contribution in [2.24, 2.45) is 0 Å². The van der Waals surface area contributed by atoms with Gasteiger partial charge in [-0.3, -0.25) is 9.59 Å². The molecule has 0 fully saturated rings. The van der Waals surface area contributed by atoms with Gasteiger partial charge in [-0.1, -0.05) is 6.07 Å². The molecule has 120 valence electrons. The lowest BCUT2D eigenvalue weighted by molar-refractivity contribution is 0.0947. The molecule has 0 aliphatic rings. The molecule has 2 aromatic rings. The minimum absolute atomic E-state index is 0.171. The Labute approximate surface area is 133 Å². The van der Waals surface area contributed by atoms with E-state index in [1.165, 1.54) is 26.4 Å². The summed E-state index contributed by atoms with van der Waals surface area (Å²) in [6.07, 6.45) is 0.560. The van der Waals surface area contributed by atoms with E-state index in [0.717, 1.165) is 11.6 Å². The van der Waals surface area contributed by atoms with E-state index >= 15 is 0 Å². The third kappa shape index (κ3) is 3.85. The predicted octanol–water partition coefficient (Wildman–Crippen LogP) is 2.59. The highest BCUT2D eigenvalue weighted by molar-refractivity contribution is 5.96. The monoisotopic (exact) mass is 317 g/mol. The van der Waals surface area contributed by atoms with E-state index in [-0.39, 0.29) is 17.7 Å². The minimum atomic E-state index is -0.680. The van der Waals surface area contributed by atoms with Gasteiger partial charge in [-0.2, -0.15) is 0 Å². The SMILES string of the molecule is COc1ccc(CNC(=O)c2cc(C=O)ccc2F)cc1OC. The highest BCUT2D eigenvalue weighted by Gasteiger charge is 2.13. The lowest BCUT2D eigenvalue weighted by Crippen LogP contribution is -2.24. The van der Waals surface area contributed by atoms with Gasteiger partial charge >= 0.3 is 0 Å². The highest BCUT2D eigenvalue weighted by atomic mass is 19.1. The van der Waals surface area contributed by atoms with Crippen molar-refractivity contribution in [1.29, 1.82) is 0 Å². The minimum Gasteiger partial charge on any atom is -0.493 e. The van der Waals surface area contributed by atoms with Crippen LogP contribution in [0.2, 0.25) is 0 Å². The Morgan fingerprint density at radius 1 is 1.13 bits per heavy atom. The molecule has 0 radical (unpaired) electrons. The quantitative estimate of drug-likeness (QED) is 0.832. The summed E-state index contributed by atoms with van der Waals surface area (Å²) >= 11 is 0. The predicted molar refractivity (Wildman–Crippen MR) is 82.5 cm³/mol. The molecule has 2 aromatic carbocycles. The van der Waals surface area contributed by atoms with Crippen LogP contribution in [0.25, 0.3) is 0 Å². The van der Waals surface area contributed by atoms with Crippen molar-refractivity contribution in [3.05, 3.63) is 58.9 Å². The number of ether oxygens (including phenoxy) is 2. The van der Waals surface area contributed by atoms with Crippen LogP contribution in [0.15, 0.2) is 36.4 Å². The first-order valence-electron chi connectivity index (χ1n) is 6.83. The molecular formula is C17H16FNO4. The van der Waals surface area contributed by atoms with Gasteiger partial charge in [-0.15, -0.1) is 0 Å². The van der Waals surface area contributed by atoms with Crippen LogP contribution in [0, 0.1) is 5.82 Å². The second kappa shape index (κ2) is 7.40. The van der Waals surface area contributed by atoms with E-state index in [2.05, 4.69) is 5.32 Å². The average Bonchev–Trinajstić information content (AvgIpc) is 2.59. The molecule has 5 nitrogen and oxygen atoms in total. The Morgan fingerprint density at radius 3 is 2.52 bits per heavy atom. The van der Waals surface area contributed by atoms with Gasteiger partial charge in [-0.05, 0) is 35.9 Å². The first-order valence-corrected chi connectivity index (χ1v) is 6.83. The summed E-state index contributed by atoms with van der Waals surface area (Å²) in [5, 5.41) is 2.60. The van der Waals surface area contributed by atoms with Crippen molar-refractivity contribution >= 4 is 12.2 Å². The standard InChI is InChI=1S/C17H16FNO4/c1-22-15-6-4-11(8-16(15)23-2)9-19-17(21)13-7-12(10-20)3-5-14(13)18/h3-8,10H,9H2,1-2H3,(H,19,21). The van der Waals surface area contributed by atoms with Gasteiger partial charge in [0.15, 0.2) is 11.5 Å². The van der Waals surface area contributed by atoms with Gasteiger partial charge in [0.2, 0.25) is 0 Å². The fourth-order valence-electron chi connectivity index (χ4n) is 2.06. The molecule has 1 amide bonds. The molecule has 0 atom stereocenters. The van der Waals surface area contributed by atoms with Crippen molar-refractivity contribution in [3.8, 4) is 11.5 Å². The van der Waals surface area contributed by atoms with E-state index in [1.807, 2.05) is 0 Å². The number of benzene rings is 2. The summed E-state index contributed by atoms with van der Waals surface area (Å²) in [6, 6.07) is 8.82. The first-order chi connectivity index (χ1) is 11.1. The maximum absolute atomic E-state index is 13.7. The van der Waals surface area contributed by atoms with Crippen LogP contribution in [-0.2, 0) is 6.54 Å². The molecule has 0 aromatic heterocycles. The molecule has 0 saturated carbocycles. The molecule has 23 heavy (non-hydrogen) atoms. The van der Waals surface area contributed by atoms with E-state index in [1.54, 1.807) is 18.2 Å². The fraction of sp³-hybridized carbons (Fsp3) is 0.176. The number of methoxy groups -OCH3 is 2. The number of aldehydes is 1. The Bertz CT molecular complexity index is 731. The Balaban J connectivity index is 2.11. The number of nitrogens with one attached hydrogen (secondary N) is 1. The van der Waals surface area contributed by atoms with Crippen molar-refractivity contribution in [3.63, 3.8) is 0 Å². The maximum Gasteiger partial charge on any atom is 0.254 e. The number of halogens is 1. The smallest absolute Gasteiger partial charge is 0.254 e. The lowest BCUT2D eigenvalue weighted by Gasteiger charge is -2.11.